The van der Waals surface area contributed by atoms with Gasteiger partial charge < -0.3 is 10.2 Å². The van der Waals surface area contributed by atoms with Gasteiger partial charge in [-0.05, 0) is 61.4 Å². The summed E-state index contributed by atoms with van der Waals surface area (Å²) in [6.45, 7) is 2.16. The molecule has 1 amide bonds. The van der Waals surface area contributed by atoms with Crippen LogP contribution in [0.25, 0.3) is 5.69 Å². The van der Waals surface area contributed by atoms with E-state index in [1.54, 1.807) is 24.3 Å². The number of anilines is 2. The Morgan fingerprint density at radius 1 is 0.871 bits per heavy atom. The maximum absolute atomic E-state index is 12.6. The molecular weight excluding hydrogens is 435 g/mol. The second-order valence-electron chi connectivity index (χ2n) is 7.47. The third-order valence-corrected chi connectivity index (χ3v) is 6.10. The quantitative estimate of drug-likeness (QED) is 0.587. The van der Waals surface area contributed by atoms with Gasteiger partial charge in [0.1, 0.15) is 5.02 Å². The standard InChI is InChI=1S/C23H22Cl2N4O2/c24-20-15-26-29(23(31)21(20)25)19-9-5-16(6-10-19)22(30)27-17-7-11-18(12-8-17)28-13-3-1-2-4-14-28/h5-12,15H,1-4,13-14H2,(H,27,30). The van der Waals surface area contributed by atoms with E-state index in [0.29, 0.717) is 11.3 Å². The largest absolute Gasteiger partial charge is 0.372 e. The van der Waals surface area contributed by atoms with Gasteiger partial charge in [-0.15, -0.1) is 0 Å². The topological polar surface area (TPSA) is 67.2 Å². The molecule has 0 unspecified atom stereocenters. The van der Waals surface area contributed by atoms with Gasteiger partial charge in [-0.3, -0.25) is 9.59 Å². The summed E-state index contributed by atoms with van der Waals surface area (Å²) in [5.41, 5.74) is 2.35. The number of carbonyl (C=O) groups is 1. The number of nitrogens with one attached hydrogen (secondary N) is 1. The van der Waals surface area contributed by atoms with E-state index in [1.807, 2.05) is 24.3 Å². The van der Waals surface area contributed by atoms with Gasteiger partial charge in [0.2, 0.25) is 0 Å². The minimum atomic E-state index is -0.518. The van der Waals surface area contributed by atoms with Crippen molar-refractivity contribution in [3.8, 4) is 5.69 Å². The van der Waals surface area contributed by atoms with E-state index in [0.717, 1.165) is 23.5 Å². The third-order valence-electron chi connectivity index (χ3n) is 5.35. The lowest BCUT2D eigenvalue weighted by molar-refractivity contribution is 0.102. The SMILES string of the molecule is O=C(Nc1ccc(N2CCCCCC2)cc1)c1ccc(-n2ncc(Cl)c(Cl)c2=O)cc1. The van der Waals surface area contributed by atoms with Crippen molar-refractivity contribution in [2.75, 3.05) is 23.3 Å². The molecule has 0 radical (unpaired) electrons. The second kappa shape index (κ2) is 9.54. The van der Waals surface area contributed by atoms with Gasteiger partial charge in [0.05, 0.1) is 16.9 Å². The van der Waals surface area contributed by atoms with Crippen LogP contribution in [0.2, 0.25) is 10.0 Å². The molecular formula is C23H22Cl2N4O2. The molecule has 1 aliphatic heterocycles. The predicted molar refractivity (Wildman–Crippen MR) is 125 cm³/mol. The lowest BCUT2D eigenvalue weighted by atomic mass is 10.2. The first kappa shape index (κ1) is 21.4. The number of carbonyl (C=O) groups excluding carboxylic acids is 1. The number of benzene rings is 2. The molecule has 8 heteroatoms. The Morgan fingerprint density at radius 3 is 2.13 bits per heavy atom. The van der Waals surface area contributed by atoms with Gasteiger partial charge in [0, 0.05) is 30.0 Å². The number of nitrogens with zero attached hydrogens (tertiary/aromatic N) is 3. The van der Waals surface area contributed by atoms with E-state index in [9.17, 15) is 9.59 Å². The lowest BCUT2D eigenvalue weighted by Gasteiger charge is -2.22. The molecule has 3 aromatic rings. The molecule has 1 N–H and O–H groups in total. The fraction of sp³-hybridized carbons (Fsp3) is 0.261. The van der Waals surface area contributed by atoms with Crippen LogP contribution < -0.4 is 15.8 Å². The highest BCUT2D eigenvalue weighted by Crippen LogP contribution is 2.22. The van der Waals surface area contributed by atoms with Crippen LogP contribution in [0.1, 0.15) is 36.0 Å². The van der Waals surface area contributed by atoms with Crippen LogP contribution in [0, 0.1) is 0 Å². The molecule has 2 aromatic carbocycles. The van der Waals surface area contributed by atoms with Crippen molar-refractivity contribution in [2.24, 2.45) is 0 Å². The Bertz CT molecular complexity index is 1120. The molecule has 0 spiro atoms. The summed E-state index contributed by atoms with van der Waals surface area (Å²) in [5, 5.41) is 6.90. The van der Waals surface area contributed by atoms with E-state index < -0.39 is 5.56 Å². The zero-order valence-corrected chi connectivity index (χ0v) is 18.4. The highest BCUT2D eigenvalue weighted by atomic mass is 35.5. The van der Waals surface area contributed by atoms with E-state index in [4.69, 9.17) is 23.2 Å². The van der Waals surface area contributed by atoms with Crippen LogP contribution in [0.4, 0.5) is 11.4 Å². The van der Waals surface area contributed by atoms with Crippen LogP contribution in [0.3, 0.4) is 0 Å². The summed E-state index contributed by atoms with van der Waals surface area (Å²) in [7, 11) is 0. The minimum Gasteiger partial charge on any atom is -0.372 e. The number of hydrogen-bond donors (Lipinski definition) is 1. The Morgan fingerprint density at radius 2 is 1.48 bits per heavy atom. The van der Waals surface area contributed by atoms with Gasteiger partial charge in [0.25, 0.3) is 11.5 Å². The van der Waals surface area contributed by atoms with Crippen LogP contribution in [0.5, 0.6) is 0 Å². The molecule has 0 aliphatic carbocycles. The summed E-state index contributed by atoms with van der Waals surface area (Å²) < 4.78 is 1.14. The molecule has 0 bridgehead atoms. The monoisotopic (exact) mass is 456 g/mol. The molecule has 1 aliphatic rings. The maximum atomic E-state index is 12.6. The van der Waals surface area contributed by atoms with Gasteiger partial charge in [-0.2, -0.15) is 9.78 Å². The first-order valence-corrected chi connectivity index (χ1v) is 11.0. The van der Waals surface area contributed by atoms with Crippen LogP contribution in [0.15, 0.2) is 59.5 Å². The number of halogens is 2. The fourth-order valence-electron chi connectivity index (χ4n) is 3.64. The highest BCUT2D eigenvalue weighted by Gasteiger charge is 2.12. The predicted octanol–water partition coefficient (Wildman–Crippen LogP) is 5.17. The van der Waals surface area contributed by atoms with Crippen molar-refractivity contribution in [2.45, 2.75) is 25.7 Å². The zero-order chi connectivity index (χ0) is 21.8. The average Bonchev–Trinajstić information content (AvgIpc) is 3.08. The fourth-order valence-corrected chi connectivity index (χ4v) is 3.89. The van der Waals surface area contributed by atoms with Gasteiger partial charge in [-0.1, -0.05) is 36.0 Å². The Balaban J connectivity index is 1.44. The molecule has 2 heterocycles. The van der Waals surface area contributed by atoms with Gasteiger partial charge >= 0.3 is 0 Å². The molecule has 1 aromatic heterocycles. The van der Waals surface area contributed by atoms with Crippen molar-refractivity contribution in [3.05, 3.63) is 80.7 Å². The summed E-state index contributed by atoms with van der Waals surface area (Å²) in [6, 6.07) is 14.5. The van der Waals surface area contributed by atoms with E-state index in [2.05, 4.69) is 15.3 Å². The molecule has 4 rings (SSSR count). The smallest absolute Gasteiger partial charge is 0.291 e. The number of aromatic nitrogens is 2. The minimum absolute atomic E-state index is 0.0953. The summed E-state index contributed by atoms with van der Waals surface area (Å²) >= 11 is 11.7. The van der Waals surface area contributed by atoms with E-state index >= 15 is 0 Å². The van der Waals surface area contributed by atoms with Crippen LogP contribution in [-0.4, -0.2) is 28.8 Å². The molecule has 31 heavy (non-hydrogen) atoms. The van der Waals surface area contributed by atoms with Crippen LogP contribution in [-0.2, 0) is 0 Å². The number of hydrogen-bond acceptors (Lipinski definition) is 4. The van der Waals surface area contributed by atoms with Crippen molar-refractivity contribution in [3.63, 3.8) is 0 Å². The molecule has 0 atom stereocenters. The molecule has 1 fully saturated rings. The molecule has 1 saturated heterocycles. The molecule has 160 valence electrons. The van der Waals surface area contributed by atoms with E-state index in [1.165, 1.54) is 37.6 Å². The van der Waals surface area contributed by atoms with Crippen molar-refractivity contribution in [1.82, 2.24) is 9.78 Å². The highest BCUT2D eigenvalue weighted by molar-refractivity contribution is 6.41. The normalized spacial score (nSPS) is 14.2. The number of amides is 1. The Kier molecular flexibility index (Phi) is 6.59. The number of rotatable bonds is 4. The summed E-state index contributed by atoms with van der Waals surface area (Å²) in [5.74, 6) is -0.233. The second-order valence-corrected chi connectivity index (χ2v) is 8.26. The van der Waals surface area contributed by atoms with Crippen molar-refractivity contribution < 1.29 is 4.79 Å². The van der Waals surface area contributed by atoms with E-state index in [-0.39, 0.29) is 16.0 Å². The van der Waals surface area contributed by atoms with Crippen molar-refractivity contribution >= 4 is 40.5 Å². The third kappa shape index (κ3) is 4.92. The summed E-state index contributed by atoms with van der Waals surface area (Å²) in [4.78, 5) is 27.2. The van der Waals surface area contributed by atoms with Crippen molar-refractivity contribution in [1.29, 1.82) is 0 Å². The zero-order valence-electron chi connectivity index (χ0n) is 16.9. The first-order valence-electron chi connectivity index (χ1n) is 10.2. The maximum Gasteiger partial charge on any atom is 0.291 e. The Hall–Kier alpha value is -2.83. The van der Waals surface area contributed by atoms with Gasteiger partial charge in [0.15, 0.2) is 0 Å². The van der Waals surface area contributed by atoms with Gasteiger partial charge in [-0.25, -0.2) is 0 Å². The van der Waals surface area contributed by atoms with Crippen LogP contribution >= 0.6 is 23.2 Å². The summed E-state index contributed by atoms with van der Waals surface area (Å²) in [6.07, 6.45) is 6.33. The first-order chi connectivity index (χ1) is 15.0. The average molecular weight is 457 g/mol. The molecule has 0 saturated carbocycles. The molecule has 6 nitrogen and oxygen atoms in total. The lowest BCUT2D eigenvalue weighted by Crippen LogP contribution is -2.23. The Labute approximate surface area is 190 Å².